The zero-order valence-corrected chi connectivity index (χ0v) is 16.4. The predicted octanol–water partition coefficient (Wildman–Crippen LogP) is 3.67. The molecule has 2 aromatic rings. The van der Waals surface area contributed by atoms with Crippen molar-refractivity contribution >= 4 is 11.9 Å². The second-order valence-corrected chi connectivity index (χ2v) is 6.14. The Morgan fingerprint density at radius 2 is 1.77 bits per heavy atom. The van der Waals surface area contributed by atoms with Crippen LogP contribution in [0.25, 0.3) is 0 Å². The lowest BCUT2D eigenvalue weighted by molar-refractivity contribution is -0.154. The largest absolute Gasteiger partial charge is 0.479 e. The summed E-state index contributed by atoms with van der Waals surface area (Å²) in [6, 6.07) is 6.88. The molecule has 2 heterocycles. The summed E-state index contributed by atoms with van der Waals surface area (Å²) in [4.78, 5) is 28.6. The molecule has 0 aliphatic rings. The summed E-state index contributed by atoms with van der Waals surface area (Å²) in [5.74, 6) is -2.03. The van der Waals surface area contributed by atoms with Crippen LogP contribution in [0.2, 0.25) is 0 Å². The fourth-order valence-corrected chi connectivity index (χ4v) is 1.75. The summed E-state index contributed by atoms with van der Waals surface area (Å²) in [7, 11) is 0. The third-order valence-electron chi connectivity index (χ3n) is 3.80. The first-order valence-corrected chi connectivity index (χ1v) is 8.65. The molecule has 2 aromatic heterocycles. The number of alkyl halides is 3. The molecule has 2 atom stereocenters. The van der Waals surface area contributed by atoms with Crippen LogP contribution in [0.5, 0.6) is 11.8 Å². The van der Waals surface area contributed by atoms with Gasteiger partial charge in [-0.1, -0.05) is 13.0 Å². The first kappa shape index (κ1) is 24.7. The lowest BCUT2D eigenvalue weighted by atomic mass is 10.0. The highest BCUT2D eigenvalue weighted by Gasteiger charge is 2.34. The van der Waals surface area contributed by atoms with Crippen molar-refractivity contribution in [1.82, 2.24) is 9.97 Å². The molecular formula is C19H21F3N2O6. The molecule has 164 valence electrons. The van der Waals surface area contributed by atoms with Gasteiger partial charge in [0.25, 0.3) is 0 Å². The molecule has 0 aliphatic heterocycles. The minimum atomic E-state index is -4.47. The molecule has 0 spiro atoms. The van der Waals surface area contributed by atoms with E-state index < -0.39 is 35.4 Å². The van der Waals surface area contributed by atoms with Crippen molar-refractivity contribution in [2.45, 2.75) is 45.1 Å². The monoisotopic (exact) mass is 430 g/mol. The highest BCUT2D eigenvalue weighted by Crippen LogP contribution is 2.29. The van der Waals surface area contributed by atoms with Gasteiger partial charge < -0.3 is 19.7 Å². The van der Waals surface area contributed by atoms with E-state index in [4.69, 9.17) is 19.7 Å². The van der Waals surface area contributed by atoms with Crippen LogP contribution < -0.4 is 9.47 Å². The third-order valence-corrected chi connectivity index (χ3v) is 3.80. The number of hydrogen-bond acceptors (Lipinski definition) is 6. The average Bonchev–Trinajstić information content (AvgIpc) is 2.68. The van der Waals surface area contributed by atoms with E-state index in [1.807, 2.05) is 0 Å². The molecule has 11 heteroatoms. The average molecular weight is 430 g/mol. The molecule has 2 rings (SSSR count). The van der Waals surface area contributed by atoms with E-state index in [-0.39, 0.29) is 5.88 Å². The standard InChI is InChI=1S/C10H13NO3.C9H8F3NO3/c1-3-10(2,9(12)13)14-8-6-4-5-7-11-8;1-5(8(14)15)16-7-3-2-6(4-13-7)9(10,11)12/h4-7H,3H2,1-2H3,(H,12,13);2-5H,1H3,(H,14,15)/t;5-/m.1/s1. The quantitative estimate of drug-likeness (QED) is 0.683. The molecule has 0 radical (unpaired) electrons. The van der Waals surface area contributed by atoms with E-state index in [0.29, 0.717) is 18.5 Å². The van der Waals surface area contributed by atoms with Crippen LogP contribution in [0.4, 0.5) is 13.2 Å². The molecule has 0 fully saturated rings. The van der Waals surface area contributed by atoms with Gasteiger partial charge in [0.2, 0.25) is 17.4 Å². The second kappa shape index (κ2) is 10.4. The zero-order valence-electron chi connectivity index (χ0n) is 16.4. The van der Waals surface area contributed by atoms with E-state index >= 15 is 0 Å². The third kappa shape index (κ3) is 7.57. The van der Waals surface area contributed by atoms with Gasteiger partial charge in [-0.05, 0) is 32.4 Å². The Balaban J connectivity index is 0.000000303. The number of carbonyl (C=O) groups is 2. The van der Waals surface area contributed by atoms with Crippen LogP contribution >= 0.6 is 0 Å². The number of rotatable bonds is 7. The highest BCUT2D eigenvalue weighted by atomic mass is 19.4. The molecule has 0 amide bonds. The topological polar surface area (TPSA) is 119 Å². The first-order valence-electron chi connectivity index (χ1n) is 8.65. The van der Waals surface area contributed by atoms with Crippen LogP contribution in [0.1, 0.15) is 32.8 Å². The maximum atomic E-state index is 12.1. The summed E-state index contributed by atoms with van der Waals surface area (Å²) in [5, 5.41) is 17.4. The molecule has 30 heavy (non-hydrogen) atoms. The fraction of sp³-hybridized carbons (Fsp3) is 0.368. The number of nitrogens with zero attached hydrogens (tertiary/aromatic N) is 2. The maximum absolute atomic E-state index is 12.1. The van der Waals surface area contributed by atoms with Crippen molar-refractivity contribution in [1.29, 1.82) is 0 Å². The molecule has 2 N–H and O–H groups in total. The lowest BCUT2D eigenvalue weighted by Crippen LogP contribution is -2.40. The number of halogens is 3. The molecule has 0 aromatic carbocycles. The van der Waals surface area contributed by atoms with Gasteiger partial charge in [-0.3, -0.25) is 0 Å². The lowest BCUT2D eigenvalue weighted by Gasteiger charge is -2.23. The summed E-state index contributed by atoms with van der Waals surface area (Å²) in [5.41, 5.74) is -2.11. The van der Waals surface area contributed by atoms with Crippen molar-refractivity contribution in [3.8, 4) is 11.8 Å². The van der Waals surface area contributed by atoms with Gasteiger partial charge in [0.15, 0.2) is 6.10 Å². The van der Waals surface area contributed by atoms with Gasteiger partial charge in [-0.2, -0.15) is 13.2 Å². The van der Waals surface area contributed by atoms with Crippen molar-refractivity contribution in [2.75, 3.05) is 0 Å². The van der Waals surface area contributed by atoms with Crippen molar-refractivity contribution in [3.05, 3.63) is 48.3 Å². The summed E-state index contributed by atoms with van der Waals surface area (Å²) in [6.45, 7) is 4.54. The molecule has 0 aliphatic carbocycles. The smallest absolute Gasteiger partial charge is 0.417 e. The molecule has 0 bridgehead atoms. The minimum Gasteiger partial charge on any atom is -0.479 e. The molecule has 0 saturated carbocycles. The highest BCUT2D eigenvalue weighted by molar-refractivity contribution is 5.77. The van der Waals surface area contributed by atoms with E-state index in [2.05, 4.69) is 9.97 Å². The van der Waals surface area contributed by atoms with Crippen molar-refractivity contribution in [2.24, 2.45) is 0 Å². The Hall–Kier alpha value is -3.37. The SMILES string of the molecule is CCC(C)(Oc1ccccn1)C(=O)O.C[C@@H](Oc1ccc(C(F)(F)F)cn1)C(=O)O. The summed E-state index contributed by atoms with van der Waals surface area (Å²) < 4.78 is 46.5. The molecule has 1 unspecified atom stereocenters. The Bertz CT molecular complexity index is 830. The maximum Gasteiger partial charge on any atom is 0.417 e. The number of hydrogen-bond donors (Lipinski definition) is 2. The first-order chi connectivity index (χ1) is 13.9. The summed E-state index contributed by atoms with van der Waals surface area (Å²) >= 11 is 0. The summed E-state index contributed by atoms with van der Waals surface area (Å²) in [6.07, 6.45) is -3.09. The van der Waals surface area contributed by atoms with Crippen LogP contribution in [0.3, 0.4) is 0 Å². The van der Waals surface area contributed by atoms with Crippen LogP contribution in [0.15, 0.2) is 42.7 Å². The number of aromatic nitrogens is 2. The Morgan fingerprint density at radius 1 is 1.10 bits per heavy atom. The molecule has 0 saturated heterocycles. The molecule has 8 nitrogen and oxygen atoms in total. The fourth-order valence-electron chi connectivity index (χ4n) is 1.75. The van der Waals surface area contributed by atoms with Crippen molar-refractivity contribution < 1.29 is 42.4 Å². The number of carboxylic acids is 2. The number of aliphatic carboxylic acids is 2. The number of pyridine rings is 2. The van der Waals surface area contributed by atoms with E-state index in [0.717, 1.165) is 12.1 Å². The molecular weight excluding hydrogens is 409 g/mol. The van der Waals surface area contributed by atoms with E-state index in [1.54, 1.807) is 31.3 Å². The van der Waals surface area contributed by atoms with Crippen molar-refractivity contribution in [3.63, 3.8) is 0 Å². The normalized spacial score (nSPS) is 13.8. The Labute approximate surface area is 170 Å². The number of ether oxygens (including phenoxy) is 2. The minimum absolute atomic E-state index is 0.164. The predicted molar refractivity (Wildman–Crippen MR) is 98.2 cm³/mol. The van der Waals surface area contributed by atoms with E-state index in [1.165, 1.54) is 13.8 Å². The van der Waals surface area contributed by atoms with Gasteiger partial charge in [-0.25, -0.2) is 19.6 Å². The van der Waals surface area contributed by atoms with E-state index in [9.17, 15) is 22.8 Å². The van der Waals surface area contributed by atoms with Gasteiger partial charge >= 0.3 is 18.1 Å². The Morgan fingerprint density at radius 3 is 2.17 bits per heavy atom. The number of carboxylic acid groups (broad SMARTS) is 2. The van der Waals surface area contributed by atoms with Crippen LogP contribution in [-0.4, -0.2) is 43.8 Å². The second-order valence-electron chi connectivity index (χ2n) is 6.14. The van der Waals surface area contributed by atoms with Crippen LogP contribution in [-0.2, 0) is 15.8 Å². The van der Waals surface area contributed by atoms with Gasteiger partial charge in [0.05, 0.1) is 5.56 Å². The van der Waals surface area contributed by atoms with Gasteiger partial charge in [-0.15, -0.1) is 0 Å². The van der Waals surface area contributed by atoms with Gasteiger partial charge in [0.1, 0.15) is 0 Å². The Kier molecular flexibility index (Phi) is 8.57. The van der Waals surface area contributed by atoms with Crippen LogP contribution in [0, 0.1) is 0 Å². The zero-order chi connectivity index (χ0) is 22.9. The van der Waals surface area contributed by atoms with Gasteiger partial charge in [0, 0.05) is 24.5 Å².